The molecular weight excluding hydrogens is 376 g/mol. The molecule has 3 fully saturated rings. The average molecular weight is 408 g/mol. The first-order chi connectivity index (χ1) is 13.6. The Morgan fingerprint density at radius 2 is 1.48 bits per heavy atom. The summed E-state index contributed by atoms with van der Waals surface area (Å²) >= 11 is 0. The molecular formula is C22H32O7. The lowest BCUT2D eigenvalue weighted by Gasteiger charge is -2.37. The molecule has 162 valence electrons. The predicted octanol–water partition coefficient (Wildman–Crippen LogP) is 3.39. The lowest BCUT2D eigenvalue weighted by molar-refractivity contribution is -0.243. The molecule has 29 heavy (non-hydrogen) atoms. The Morgan fingerprint density at radius 3 is 2.17 bits per heavy atom. The molecule has 4 rings (SSSR count). The van der Waals surface area contributed by atoms with Crippen molar-refractivity contribution in [1.29, 1.82) is 0 Å². The fourth-order valence-corrected chi connectivity index (χ4v) is 4.06. The maximum absolute atomic E-state index is 6.16. The predicted molar refractivity (Wildman–Crippen MR) is 104 cm³/mol. The van der Waals surface area contributed by atoms with Crippen LogP contribution in [0.1, 0.15) is 47.1 Å². The molecule has 0 N–H and O–H groups in total. The molecule has 3 heterocycles. The molecule has 7 heteroatoms. The summed E-state index contributed by atoms with van der Waals surface area (Å²) in [5.74, 6) is -0.562. The van der Waals surface area contributed by atoms with Gasteiger partial charge in [-0.2, -0.15) is 0 Å². The van der Waals surface area contributed by atoms with E-state index in [1.807, 2.05) is 65.8 Å². The standard InChI is InChI=1S/C22H32O7/c1-13(2)24-15-9-7-14(8-10-15)11-23-12-16-17-18(27-21(3,4)26-17)19-20(25-16)29-22(5,6)28-19/h7-10,13,16-20H,11-12H2,1-6H3/t16-,17+,18-,19+,20+/m0/s1. The van der Waals surface area contributed by atoms with E-state index in [4.69, 9.17) is 33.2 Å². The van der Waals surface area contributed by atoms with Crippen LogP contribution in [0, 0.1) is 0 Å². The molecule has 1 aromatic rings. The van der Waals surface area contributed by atoms with Crippen molar-refractivity contribution in [3.05, 3.63) is 29.8 Å². The largest absolute Gasteiger partial charge is 0.491 e. The molecule has 3 aliphatic heterocycles. The summed E-state index contributed by atoms with van der Waals surface area (Å²) in [5.41, 5.74) is 1.07. The Hall–Kier alpha value is -1.22. The van der Waals surface area contributed by atoms with Crippen LogP contribution < -0.4 is 4.74 Å². The van der Waals surface area contributed by atoms with Gasteiger partial charge in [-0.3, -0.25) is 0 Å². The third-order valence-corrected chi connectivity index (χ3v) is 5.10. The minimum atomic E-state index is -0.717. The van der Waals surface area contributed by atoms with Crippen LogP contribution in [0.15, 0.2) is 24.3 Å². The quantitative estimate of drug-likeness (QED) is 0.715. The maximum atomic E-state index is 6.16. The van der Waals surface area contributed by atoms with Crippen molar-refractivity contribution >= 4 is 0 Å². The molecule has 0 unspecified atom stereocenters. The van der Waals surface area contributed by atoms with Crippen molar-refractivity contribution in [3.63, 3.8) is 0 Å². The van der Waals surface area contributed by atoms with Crippen molar-refractivity contribution in [3.8, 4) is 5.75 Å². The Labute approximate surface area is 172 Å². The van der Waals surface area contributed by atoms with E-state index in [1.165, 1.54) is 0 Å². The molecule has 0 saturated carbocycles. The highest BCUT2D eigenvalue weighted by atomic mass is 16.9. The van der Waals surface area contributed by atoms with Crippen LogP contribution in [0.5, 0.6) is 5.75 Å². The highest BCUT2D eigenvalue weighted by Crippen LogP contribution is 2.44. The second kappa shape index (κ2) is 7.80. The monoisotopic (exact) mass is 408 g/mol. The third-order valence-electron chi connectivity index (χ3n) is 5.10. The Morgan fingerprint density at radius 1 is 0.862 bits per heavy atom. The van der Waals surface area contributed by atoms with E-state index in [-0.39, 0.29) is 30.5 Å². The van der Waals surface area contributed by atoms with Gasteiger partial charge in [0.05, 0.1) is 19.3 Å². The molecule has 0 radical (unpaired) electrons. The zero-order valence-electron chi connectivity index (χ0n) is 18.0. The molecule has 1 aromatic carbocycles. The van der Waals surface area contributed by atoms with Crippen molar-refractivity contribution in [2.24, 2.45) is 0 Å². The molecule has 0 aromatic heterocycles. The summed E-state index contributed by atoms with van der Waals surface area (Å²) in [4.78, 5) is 0. The SMILES string of the molecule is CC(C)Oc1ccc(COC[C@@H]2O[C@@H]3OC(C)(C)O[C@@H]3[C@H]3OC(C)(C)O[C@@H]32)cc1. The van der Waals surface area contributed by atoms with Crippen molar-refractivity contribution in [2.45, 2.75) is 96.5 Å². The molecule has 3 aliphatic rings. The van der Waals surface area contributed by atoms with Crippen LogP contribution in [-0.4, -0.2) is 55.0 Å². The third kappa shape index (κ3) is 4.76. The topological polar surface area (TPSA) is 64.6 Å². The number of ether oxygens (including phenoxy) is 7. The lowest BCUT2D eigenvalue weighted by Crippen LogP contribution is -2.56. The number of fused-ring (bicyclic) bond motifs is 3. The average Bonchev–Trinajstić information content (AvgIpc) is 3.10. The summed E-state index contributed by atoms with van der Waals surface area (Å²) in [7, 11) is 0. The molecule has 0 spiro atoms. The molecule has 7 nitrogen and oxygen atoms in total. The van der Waals surface area contributed by atoms with Gasteiger partial charge in [-0.25, -0.2) is 0 Å². The Balaban J connectivity index is 1.37. The zero-order valence-corrected chi connectivity index (χ0v) is 18.0. The fraction of sp³-hybridized carbons (Fsp3) is 0.727. The fourth-order valence-electron chi connectivity index (χ4n) is 4.06. The second-order valence-electron chi connectivity index (χ2n) is 9.03. The van der Waals surface area contributed by atoms with Crippen molar-refractivity contribution in [1.82, 2.24) is 0 Å². The van der Waals surface area contributed by atoms with Crippen LogP contribution in [0.3, 0.4) is 0 Å². The smallest absolute Gasteiger partial charge is 0.190 e. The van der Waals surface area contributed by atoms with Gasteiger partial charge < -0.3 is 33.2 Å². The molecule has 0 amide bonds. The highest BCUT2D eigenvalue weighted by Gasteiger charge is 2.60. The normalized spacial score (nSPS) is 34.8. The first-order valence-corrected chi connectivity index (χ1v) is 10.3. The van der Waals surface area contributed by atoms with Gasteiger partial charge in [0, 0.05) is 0 Å². The Kier molecular flexibility index (Phi) is 5.65. The summed E-state index contributed by atoms with van der Waals surface area (Å²) in [6.07, 6.45) is -1.49. The number of benzene rings is 1. The molecule has 0 aliphatic carbocycles. The summed E-state index contributed by atoms with van der Waals surface area (Å²) < 4.78 is 42.0. The van der Waals surface area contributed by atoms with Gasteiger partial charge in [0.1, 0.15) is 30.2 Å². The van der Waals surface area contributed by atoms with E-state index in [9.17, 15) is 0 Å². The minimum Gasteiger partial charge on any atom is -0.491 e. The summed E-state index contributed by atoms with van der Waals surface area (Å²) in [5, 5.41) is 0. The van der Waals surface area contributed by atoms with E-state index >= 15 is 0 Å². The maximum Gasteiger partial charge on any atom is 0.190 e. The second-order valence-corrected chi connectivity index (χ2v) is 9.03. The van der Waals surface area contributed by atoms with Crippen molar-refractivity contribution in [2.75, 3.05) is 6.61 Å². The summed E-state index contributed by atoms with van der Waals surface area (Å²) in [6.45, 7) is 12.4. The van der Waals surface area contributed by atoms with Gasteiger partial charge in [-0.1, -0.05) is 12.1 Å². The van der Waals surface area contributed by atoms with Crippen LogP contribution >= 0.6 is 0 Å². The minimum absolute atomic E-state index is 0.155. The van der Waals surface area contributed by atoms with Crippen LogP contribution in [0.25, 0.3) is 0 Å². The van der Waals surface area contributed by atoms with Crippen molar-refractivity contribution < 1.29 is 33.2 Å². The van der Waals surface area contributed by atoms with Crippen LogP contribution in [0.2, 0.25) is 0 Å². The van der Waals surface area contributed by atoms with E-state index < -0.39 is 17.9 Å². The first kappa shape index (κ1) is 21.0. The van der Waals surface area contributed by atoms with E-state index in [1.54, 1.807) is 0 Å². The lowest BCUT2D eigenvalue weighted by atomic mass is 9.99. The number of rotatable bonds is 6. The first-order valence-electron chi connectivity index (χ1n) is 10.3. The molecule has 0 bridgehead atoms. The summed E-state index contributed by atoms with van der Waals surface area (Å²) in [6, 6.07) is 7.93. The van der Waals surface area contributed by atoms with Gasteiger partial charge in [0.2, 0.25) is 0 Å². The zero-order chi connectivity index (χ0) is 20.8. The van der Waals surface area contributed by atoms with E-state index in [2.05, 4.69) is 0 Å². The van der Waals surface area contributed by atoms with Crippen LogP contribution in [0.4, 0.5) is 0 Å². The number of hydrogen-bond donors (Lipinski definition) is 0. The van der Waals surface area contributed by atoms with Crippen LogP contribution in [-0.2, 0) is 35.0 Å². The van der Waals surface area contributed by atoms with E-state index in [0.717, 1.165) is 11.3 Å². The molecule has 5 atom stereocenters. The van der Waals surface area contributed by atoms with Gasteiger partial charge >= 0.3 is 0 Å². The van der Waals surface area contributed by atoms with Gasteiger partial charge in [-0.05, 0) is 59.2 Å². The van der Waals surface area contributed by atoms with E-state index in [0.29, 0.717) is 13.2 Å². The Bertz CT molecular complexity index is 700. The molecule has 3 saturated heterocycles. The van der Waals surface area contributed by atoms with Gasteiger partial charge in [-0.15, -0.1) is 0 Å². The number of hydrogen-bond acceptors (Lipinski definition) is 7. The van der Waals surface area contributed by atoms with Gasteiger partial charge in [0.15, 0.2) is 17.9 Å². The highest BCUT2D eigenvalue weighted by molar-refractivity contribution is 5.27. The van der Waals surface area contributed by atoms with Gasteiger partial charge in [0.25, 0.3) is 0 Å².